The van der Waals surface area contributed by atoms with E-state index in [-0.39, 0.29) is 29.3 Å². The number of phenolic OH excluding ortho intramolecular Hbond substituents is 1. The number of hydrogen-bond donors (Lipinski definition) is 5. The number of fused-ring (bicyclic) bond motifs is 1. The maximum atomic E-state index is 11.5. The molecule has 1 atom stereocenters. The number of H-pyrrole nitrogens is 1. The number of anilines is 1. The number of pyridine rings is 1. The van der Waals surface area contributed by atoms with Crippen molar-refractivity contribution >= 4 is 34.1 Å². The van der Waals surface area contributed by atoms with E-state index in [0.717, 1.165) is 5.56 Å². The molecule has 5 N–H and O–H groups in total. The van der Waals surface area contributed by atoms with Crippen LogP contribution >= 0.6 is 11.6 Å². The van der Waals surface area contributed by atoms with Gasteiger partial charge >= 0.3 is 0 Å². The fourth-order valence-corrected chi connectivity index (χ4v) is 3.44. The Morgan fingerprint density at radius 3 is 2.73 bits per heavy atom. The van der Waals surface area contributed by atoms with Gasteiger partial charge in [-0.25, -0.2) is 0 Å². The summed E-state index contributed by atoms with van der Waals surface area (Å²) in [7, 11) is 1.52. The number of amides is 1. The Bertz CT molecular complexity index is 1150. The third kappa shape index (κ3) is 4.73. The molecule has 2 aromatic carbocycles. The van der Waals surface area contributed by atoms with Gasteiger partial charge < -0.3 is 30.6 Å². The number of methoxy groups -OCH3 is 1. The first-order valence-corrected chi connectivity index (χ1v) is 9.55. The Morgan fingerprint density at radius 2 is 2.03 bits per heavy atom. The normalized spacial score (nSPS) is 12.0. The van der Waals surface area contributed by atoms with Crippen LogP contribution in [0.4, 0.5) is 5.69 Å². The van der Waals surface area contributed by atoms with Crippen LogP contribution in [0.2, 0.25) is 5.02 Å². The molecule has 0 aliphatic rings. The highest BCUT2D eigenvalue weighted by Crippen LogP contribution is 2.31. The molecule has 1 amide bonds. The predicted molar refractivity (Wildman–Crippen MR) is 115 cm³/mol. The minimum atomic E-state index is -0.890. The van der Waals surface area contributed by atoms with Crippen molar-refractivity contribution in [2.24, 2.45) is 0 Å². The van der Waals surface area contributed by atoms with Crippen LogP contribution < -0.4 is 20.9 Å². The van der Waals surface area contributed by atoms with Gasteiger partial charge in [0, 0.05) is 43.1 Å². The molecule has 8 nitrogen and oxygen atoms in total. The van der Waals surface area contributed by atoms with Gasteiger partial charge in [-0.3, -0.25) is 9.59 Å². The lowest BCUT2D eigenvalue weighted by molar-refractivity contribution is -0.114. The summed E-state index contributed by atoms with van der Waals surface area (Å²) >= 11 is 6.23. The van der Waals surface area contributed by atoms with E-state index in [1.165, 1.54) is 26.2 Å². The van der Waals surface area contributed by atoms with Crippen molar-refractivity contribution in [3.8, 4) is 11.5 Å². The van der Waals surface area contributed by atoms with Gasteiger partial charge in [0.15, 0.2) is 0 Å². The van der Waals surface area contributed by atoms with E-state index in [0.29, 0.717) is 34.0 Å². The number of aromatic nitrogens is 1. The smallest absolute Gasteiger partial charge is 0.248 e. The molecule has 0 fully saturated rings. The number of rotatable bonds is 7. The SMILES string of the molecule is COc1cc(NC(C)=O)c(Cl)cc1CNC[C@H](O)c1ccc(O)c2[nH]c(=O)ccc12. The topological polar surface area (TPSA) is 124 Å². The number of carbonyl (C=O) groups excluding carboxylic acids is 1. The standard InChI is InChI=1S/C21H22ClN3O5/c1-11(26)24-16-8-19(30-2)12(7-15(16)22)9-23-10-18(28)13-3-5-17(27)21-14(13)4-6-20(29)25-21/h3-8,18,23,27-28H,9-10H2,1-2H3,(H,24,26)(H,25,29)/t18-/m0/s1. The van der Waals surface area contributed by atoms with E-state index in [1.807, 2.05) is 0 Å². The third-order valence-electron chi connectivity index (χ3n) is 4.60. The van der Waals surface area contributed by atoms with Crippen LogP contribution in [0.1, 0.15) is 24.2 Å². The zero-order valence-corrected chi connectivity index (χ0v) is 17.2. The van der Waals surface area contributed by atoms with E-state index >= 15 is 0 Å². The molecule has 158 valence electrons. The largest absolute Gasteiger partial charge is 0.506 e. The molecule has 3 aromatic rings. The summed E-state index contributed by atoms with van der Waals surface area (Å²) in [5.41, 5.74) is 1.71. The summed E-state index contributed by atoms with van der Waals surface area (Å²) in [5, 5.41) is 27.3. The molecule has 1 heterocycles. The molecule has 1 aromatic heterocycles. The Morgan fingerprint density at radius 1 is 1.27 bits per heavy atom. The van der Waals surface area contributed by atoms with Gasteiger partial charge in [-0.15, -0.1) is 0 Å². The summed E-state index contributed by atoms with van der Waals surface area (Å²) < 4.78 is 5.37. The van der Waals surface area contributed by atoms with Crippen molar-refractivity contribution in [1.29, 1.82) is 0 Å². The molecule has 9 heteroatoms. The second kappa shape index (κ2) is 9.17. The number of aromatic amines is 1. The van der Waals surface area contributed by atoms with Gasteiger partial charge in [-0.1, -0.05) is 17.7 Å². The minimum Gasteiger partial charge on any atom is -0.506 e. The number of halogens is 1. The quantitative estimate of drug-likeness (QED) is 0.392. The van der Waals surface area contributed by atoms with Gasteiger partial charge in [0.05, 0.1) is 29.4 Å². The summed E-state index contributed by atoms with van der Waals surface area (Å²) in [6.45, 7) is 1.95. The van der Waals surface area contributed by atoms with Crippen LogP contribution in [0.15, 0.2) is 41.2 Å². The van der Waals surface area contributed by atoms with Crippen LogP contribution in [-0.4, -0.2) is 34.8 Å². The second-order valence-electron chi connectivity index (χ2n) is 6.76. The average molecular weight is 432 g/mol. The predicted octanol–water partition coefficient (Wildman–Crippen LogP) is 2.68. The molecule has 0 unspecified atom stereocenters. The Kier molecular flexibility index (Phi) is 6.61. The number of ether oxygens (including phenoxy) is 1. The fourth-order valence-electron chi connectivity index (χ4n) is 3.21. The van der Waals surface area contributed by atoms with Gasteiger partial charge in [-0.2, -0.15) is 0 Å². The van der Waals surface area contributed by atoms with Crippen molar-refractivity contribution in [3.05, 3.63) is 62.9 Å². The van der Waals surface area contributed by atoms with Crippen molar-refractivity contribution in [2.75, 3.05) is 19.0 Å². The summed E-state index contributed by atoms with van der Waals surface area (Å²) in [6, 6.07) is 9.28. The molecular formula is C21H22ClN3O5. The number of phenols is 1. The number of aliphatic hydroxyl groups is 1. The fraction of sp³-hybridized carbons (Fsp3) is 0.238. The first-order chi connectivity index (χ1) is 14.3. The van der Waals surface area contributed by atoms with Crippen LogP contribution in [0.3, 0.4) is 0 Å². The van der Waals surface area contributed by atoms with Crippen LogP contribution in [-0.2, 0) is 11.3 Å². The van der Waals surface area contributed by atoms with Crippen molar-refractivity contribution in [3.63, 3.8) is 0 Å². The van der Waals surface area contributed by atoms with Crippen LogP contribution in [0.5, 0.6) is 11.5 Å². The molecule has 0 aliphatic carbocycles. The molecule has 0 spiro atoms. The molecule has 0 aliphatic heterocycles. The van der Waals surface area contributed by atoms with Gasteiger partial charge in [-0.05, 0) is 23.8 Å². The van der Waals surface area contributed by atoms with Gasteiger partial charge in [0.25, 0.3) is 0 Å². The lowest BCUT2D eigenvalue weighted by Crippen LogP contribution is -2.22. The Hall–Kier alpha value is -3.07. The maximum Gasteiger partial charge on any atom is 0.248 e. The second-order valence-corrected chi connectivity index (χ2v) is 7.16. The molecule has 0 saturated carbocycles. The first kappa shape index (κ1) is 21.6. The van der Waals surface area contributed by atoms with Crippen molar-refractivity contribution in [1.82, 2.24) is 10.3 Å². The molecule has 0 radical (unpaired) electrons. The number of aromatic hydroxyl groups is 1. The summed E-state index contributed by atoms with van der Waals surface area (Å²) in [5.74, 6) is 0.235. The number of nitrogens with one attached hydrogen (secondary N) is 3. The Balaban J connectivity index is 1.75. The summed E-state index contributed by atoms with van der Waals surface area (Å²) in [6.07, 6.45) is -0.890. The first-order valence-electron chi connectivity index (χ1n) is 9.18. The van der Waals surface area contributed by atoms with Gasteiger partial charge in [0.1, 0.15) is 11.5 Å². The van der Waals surface area contributed by atoms with Crippen LogP contribution in [0.25, 0.3) is 10.9 Å². The number of hydrogen-bond acceptors (Lipinski definition) is 6. The highest BCUT2D eigenvalue weighted by Gasteiger charge is 2.15. The zero-order chi connectivity index (χ0) is 21.8. The number of aliphatic hydroxyl groups excluding tert-OH is 1. The average Bonchev–Trinajstić information content (AvgIpc) is 2.70. The number of carbonyl (C=O) groups is 1. The van der Waals surface area contributed by atoms with E-state index in [4.69, 9.17) is 16.3 Å². The highest BCUT2D eigenvalue weighted by molar-refractivity contribution is 6.33. The highest BCUT2D eigenvalue weighted by atomic mass is 35.5. The van der Waals surface area contributed by atoms with E-state index < -0.39 is 6.10 Å². The van der Waals surface area contributed by atoms with Gasteiger partial charge in [0.2, 0.25) is 11.5 Å². The maximum absolute atomic E-state index is 11.5. The van der Waals surface area contributed by atoms with Crippen molar-refractivity contribution in [2.45, 2.75) is 19.6 Å². The molecule has 0 bridgehead atoms. The number of benzene rings is 2. The van der Waals surface area contributed by atoms with E-state index in [2.05, 4.69) is 15.6 Å². The lowest BCUT2D eigenvalue weighted by atomic mass is 10.0. The Labute approximate surface area is 177 Å². The van der Waals surface area contributed by atoms with Crippen LogP contribution in [0, 0.1) is 0 Å². The molecular weight excluding hydrogens is 410 g/mol. The van der Waals surface area contributed by atoms with Crippen molar-refractivity contribution < 1.29 is 19.7 Å². The monoisotopic (exact) mass is 431 g/mol. The zero-order valence-electron chi connectivity index (χ0n) is 16.5. The van der Waals surface area contributed by atoms with E-state index in [9.17, 15) is 19.8 Å². The molecule has 0 saturated heterocycles. The summed E-state index contributed by atoms with van der Waals surface area (Å²) in [4.78, 5) is 25.4. The minimum absolute atomic E-state index is 0.0646. The third-order valence-corrected chi connectivity index (χ3v) is 4.91. The lowest BCUT2D eigenvalue weighted by Gasteiger charge is -2.17. The molecule has 30 heavy (non-hydrogen) atoms. The van der Waals surface area contributed by atoms with E-state index in [1.54, 1.807) is 24.3 Å². The molecule has 3 rings (SSSR count).